The van der Waals surface area contributed by atoms with Crippen molar-refractivity contribution in [2.45, 2.75) is 31.7 Å². The third-order valence-electron chi connectivity index (χ3n) is 3.27. The van der Waals surface area contributed by atoms with Crippen LogP contribution in [0, 0.1) is 5.92 Å². The molecule has 0 aromatic rings. The highest BCUT2D eigenvalue weighted by molar-refractivity contribution is 5.28. The maximum atomic E-state index is 3.84. The highest BCUT2D eigenvalue weighted by atomic mass is 14.9. The number of piperidine rings is 1. The molecule has 2 unspecified atom stereocenters. The van der Waals surface area contributed by atoms with E-state index in [-0.39, 0.29) is 0 Å². The first kappa shape index (κ1) is 9.72. The molecule has 0 saturated carbocycles. The van der Waals surface area contributed by atoms with Gasteiger partial charge in [0, 0.05) is 6.04 Å². The fourth-order valence-corrected chi connectivity index (χ4v) is 2.40. The van der Waals surface area contributed by atoms with Gasteiger partial charge < -0.3 is 5.32 Å². The Morgan fingerprint density at radius 2 is 2.36 bits per heavy atom. The van der Waals surface area contributed by atoms with Crippen LogP contribution in [-0.2, 0) is 0 Å². The lowest BCUT2D eigenvalue weighted by Crippen LogP contribution is -2.39. The highest BCUT2D eigenvalue weighted by Crippen LogP contribution is 2.26. The van der Waals surface area contributed by atoms with Gasteiger partial charge in [0.15, 0.2) is 0 Å². The van der Waals surface area contributed by atoms with Gasteiger partial charge in [-0.25, -0.2) is 0 Å². The normalized spacial score (nSPS) is 32.4. The summed E-state index contributed by atoms with van der Waals surface area (Å²) >= 11 is 0. The molecule has 14 heavy (non-hydrogen) atoms. The molecule has 0 aromatic carbocycles. The Hall–Kier alpha value is -0.820. The zero-order chi connectivity index (χ0) is 9.80. The monoisotopic (exact) mass is 189 g/mol. The van der Waals surface area contributed by atoms with E-state index in [4.69, 9.17) is 0 Å². The van der Waals surface area contributed by atoms with Gasteiger partial charge in [0.1, 0.15) is 0 Å². The van der Waals surface area contributed by atoms with E-state index in [2.05, 4.69) is 30.1 Å². The molecule has 1 fully saturated rings. The molecule has 0 amide bonds. The summed E-state index contributed by atoms with van der Waals surface area (Å²) in [4.78, 5) is 0. The summed E-state index contributed by atoms with van der Waals surface area (Å²) in [6.45, 7) is 5.04. The van der Waals surface area contributed by atoms with Crippen LogP contribution in [0.5, 0.6) is 0 Å². The first-order valence-corrected chi connectivity index (χ1v) is 5.63. The van der Waals surface area contributed by atoms with Gasteiger partial charge in [-0.2, -0.15) is 0 Å². The Bertz CT molecular complexity index is 256. The summed E-state index contributed by atoms with van der Waals surface area (Å²) in [5.41, 5.74) is 1.38. The van der Waals surface area contributed by atoms with E-state index in [1.54, 1.807) is 0 Å². The molecule has 1 nitrogen and oxygen atoms in total. The zero-order valence-electron chi connectivity index (χ0n) is 8.71. The van der Waals surface area contributed by atoms with Gasteiger partial charge in [-0.15, -0.1) is 0 Å². The van der Waals surface area contributed by atoms with Crippen LogP contribution < -0.4 is 5.32 Å². The van der Waals surface area contributed by atoms with Crippen LogP contribution in [0.1, 0.15) is 25.7 Å². The van der Waals surface area contributed by atoms with Gasteiger partial charge in [0.25, 0.3) is 0 Å². The molecule has 2 rings (SSSR count). The molecule has 0 radical (unpaired) electrons. The van der Waals surface area contributed by atoms with Crippen molar-refractivity contribution in [3.8, 4) is 0 Å². The second-order valence-corrected chi connectivity index (χ2v) is 4.25. The minimum Gasteiger partial charge on any atom is -0.313 e. The van der Waals surface area contributed by atoms with Crippen molar-refractivity contribution < 1.29 is 0 Å². The summed E-state index contributed by atoms with van der Waals surface area (Å²) in [5.74, 6) is 0.688. The fourth-order valence-electron chi connectivity index (χ4n) is 2.40. The zero-order valence-corrected chi connectivity index (χ0v) is 8.71. The van der Waals surface area contributed by atoms with Crippen LogP contribution in [0.2, 0.25) is 0 Å². The Kier molecular flexibility index (Phi) is 3.20. The first-order chi connectivity index (χ1) is 6.90. The van der Waals surface area contributed by atoms with Crippen molar-refractivity contribution >= 4 is 0 Å². The quantitative estimate of drug-likeness (QED) is 0.704. The van der Waals surface area contributed by atoms with Gasteiger partial charge in [-0.05, 0) is 37.3 Å². The van der Waals surface area contributed by atoms with Crippen molar-refractivity contribution in [3.63, 3.8) is 0 Å². The number of nitrogens with one attached hydrogen (secondary N) is 1. The maximum absolute atomic E-state index is 3.84. The molecular weight excluding hydrogens is 170 g/mol. The Morgan fingerprint density at radius 1 is 1.43 bits per heavy atom. The van der Waals surface area contributed by atoms with Crippen LogP contribution in [-0.4, -0.2) is 12.6 Å². The standard InChI is InChI=1S/C13H19N/c1-2-11-6-5-7-12(10-11)13-8-3-4-9-14-13/h2,5-7,12-14H,1,3-4,8-10H2. The predicted molar refractivity (Wildman–Crippen MR) is 61.2 cm³/mol. The van der Waals surface area contributed by atoms with Crippen molar-refractivity contribution in [1.82, 2.24) is 5.32 Å². The van der Waals surface area contributed by atoms with E-state index in [0.29, 0.717) is 12.0 Å². The van der Waals surface area contributed by atoms with Crippen molar-refractivity contribution in [1.29, 1.82) is 0 Å². The van der Waals surface area contributed by atoms with Crippen molar-refractivity contribution in [3.05, 3.63) is 36.5 Å². The average Bonchev–Trinajstić information content (AvgIpc) is 2.30. The molecular formula is C13H19N. The van der Waals surface area contributed by atoms with Gasteiger partial charge in [0.05, 0.1) is 0 Å². The second-order valence-electron chi connectivity index (χ2n) is 4.25. The number of hydrogen-bond donors (Lipinski definition) is 1. The third kappa shape index (κ3) is 2.16. The van der Waals surface area contributed by atoms with Gasteiger partial charge in [0.2, 0.25) is 0 Å². The first-order valence-electron chi connectivity index (χ1n) is 5.63. The summed E-state index contributed by atoms with van der Waals surface area (Å²) in [7, 11) is 0. The van der Waals surface area contributed by atoms with E-state index < -0.39 is 0 Å². The second kappa shape index (κ2) is 4.61. The van der Waals surface area contributed by atoms with E-state index in [1.807, 2.05) is 6.08 Å². The topological polar surface area (TPSA) is 12.0 Å². The summed E-state index contributed by atoms with van der Waals surface area (Å²) in [6.07, 6.45) is 13.9. The van der Waals surface area contributed by atoms with E-state index in [1.165, 1.54) is 31.4 Å². The summed E-state index contributed by atoms with van der Waals surface area (Å²) in [5, 5.41) is 3.62. The van der Waals surface area contributed by atoms with E-state index in [9.17, 15) is 0 Å². The lowest BCUT2D eigenvalue weighted by Gasteiger charge is -2.31. The molecule has 1 heterocycles. The maximum Gasteiger partial charge on any atom is 0.0133 e. The Labute approximate surface area is 86.6 Å². The number of rotatable bonds is 2. The summed E-state index contributed by atoms with van der Waals surface area (Å²) in [6, 6.07) is 0.698. The third-order valence-corrected chi connectivity index (χ3v) is 3.27. The molecule has 1 saturated heterocycles. The average molecular weight is 189 g/mol. The summed E-state index contributed by atoms with van der Waals surface area (Å²) < 4.78 is 0. The molecule has 1 aliphatic carbocycles. The molecule has 2 atom stereocenters. The molecule has 1 N–H and O–H groups in total. The van der Waals surface area contributed by atoms with E-state index in [0.717, 1.165) is 6.42 Å². The van der Waals surface area contributed by atoms with Gasteiger partial charge in [-0.3, -0.25) is 0 Å². The molecule has 1 heteroatoms. The predicted octanol–water partition coefficient (Wildman–Crippen LogP) is 2.82. The SMILES string of the molecule is C=CC1=CC=CC(C2CCCCN2)C1. The minimum atomic E-state index is 0.688. The van der Waals surface area contributed by atoms with Crippen LogP contribution in [0.25, 0.3) is 0 Å². The molecule has 0 bridgehead atoms. The lowest BCUT2D eigenvalue weighted by atomic mass is 9.84. The Morgan fingerprint density at radius 3 is 3.07 bits per heavy atom. The molecule has 76 valence electrons. The number of allylic oxidation sites excluding steroid dienone is 4. The van der Waals surface area contributed by atoms with Crippen molar-refractivity contribution in [2.75, 3.05) is 6.54 Å². The van der Waals surface area contributed by atoms with Crippen LogP contribution >= 0.6 is 0 Å². The highest BCUT2D eigenvalue weighted by Gasteiger charge is 2.22. The molecule has 1 aliphatic heterocycles. The van der Waals surface area contributed by atoms with Crippen LogP contribution in [0.4, 0.5) is 0 Å². The minimum absolute atomic E-state index is 0.688. The number of hydrogen-bond acceptors (Lipinski definition) is 1. The lowest BCUT2D eigenvalue weighted by molar-refractivity contribution is 0.330. The van der Waals surface area contributed by atoms with Crippen LogP contribution in [0.3, 0.4) is 0 Å². The van der Waals surface area contributed by atoms with Crippen LogP contribution in [0.15, 0.2) is 36.5 Å². The molecule has 0 spiro atoms. The fraction of sp³-hybridized carbons (Fsp3) is 0.538. The van der Waals surface area contributed by atoms with Crippen molar-refractivity contribution in [2.24, 2.45) is 5.92 Å². The Balaban J connectivity index is 1.96. The largest absolute Gasteiger partial charge is 0.313 e. The van der Waals surface area contributed by atoms with Gasteiger partial charge >= 0.3 is 0 Å². The van der Waals surface area contributed by atoms with Gasteiger partial charge in [-0.1, -0.05) is 37.3 Å². The molecule has 0 aromatic heterocycles. The smallest absolute Gasteiger partial charge is 0.0133 e. The van der Waals surface area contributed by atoms with E-state index >= 15 is 0 Å². The molecule has 2 aliphatic rings.